The van der Waals surface area contributed by atoms with E-state index in [9.17, 15) is 4.39 Å². The first-order valence-electron chi connectivity index (χ1n) is 6.08. The summed E-state index contributed by atoms with van der Waals surface area (Å²) in [4.78, 5) is 7.80. The molecule has 3 rings (SSSR count). The lowest BCUT2D eigenvalue weighted by Crippen LogP contribution is -2.44. The highest BCUT2D eigenvalue weighted by Gasteiger charge is 2.31. The van der Waals surface area contributed by atoms with Crippen molar-refractivity contribution < 1.29 is 4.39 Å². The Balaban J connectivity index is 2.05. The van der Waals surface area contributed by atoms with Crippen LogP contribution in [0.2, 0.25) is 0 Å². The molecule has 1 aromatic carbocycles. The van der Waals surface area contributed by atoms with E-state index in [0.29, 0.717) is 0 Å². The molecule has 17 heavy (non-hydrogen) atoms. The molecular formula is C13H16FN3. The Morgan fingerprint density at radius 3 is 3.00 bits per heavy atom. The van der Waals surface area contributed by atoms with Crippen LogP contribution in [-0.4, -0.2) is 16.5 Å². The van der Waals surface area contributed by atoms with Gasteiger partial charge >= 0.3 is 0 Å². The molecule has 1 saturated heterocycles. The molecule has 2 N–H and O–H groups in total. The predicted molar refractivity (Wildman–Crippen MR) is 65.3 cm³/mol. The standard InChI is InChI=1S/C13H16FN3/c1-13(6-2-3-7-15-13)12-16-10-5-4-9(14)8-11(10)17-12/h4-5,8,15H,2-3,6-7H2,1H3,(H,16,17). The zero-order chi connectivity index (χ0) is 11.9. The van der Waals surface area contributed by atoms with Gasteiger partial charge < -0.3 is 10.3 Å². The number of imidazole rings is 1. The third-order valence-corrected chi connectivity index (χ3v) is 3.59. The number of aromatic amines is 1. The molecule has 4 heteroatoms. The van der Waals surface area contributed by atoms with Gasteiger partial charge in [0.05, 0.1) is 16.6 Å². The van der Waals surface area contributed by atoms with Crippen LogP contribution in [0.4, 0.5) is 4.39 Å². The van der Waals surface area contributed by atoms with Crippen LogP contribution < -0.4 is 5.32 Å². The van der Waals surface area contributed by atoms with Crippen molar-refractivity contribution in [2.45, 2.75) is 31.7 Å². The lowest BCUT2D eigenvalue weighted by molar-refractivity contribution is 0.271. The highest BCUT2D eigenvalue weighted by Crippen LogP contribution is 2.29. The Kier molecular flexibility index (Phi) is 2.40. The van der Waals surface area contributed by atoms with E-state index < -0.39 is 0 Å². The summed E-state index contributed by atoms with van der Waals surface area (Å²) < 4.78 is 13.1. The maximum Gasteiger partial charge on any atom is 0.127 e. The Hall–Kier alpha value is -1.42. The molecule has 1 aliphatic rings. The summed E-state index contributed by atoms with van der Waals surface area (Å²) in [6.45, 7) is 3.17. The van der Waals surface area contributed by atoms with Gasteiger partial charge in [-0.25, -0.2) is 9.37 Å². The summed E-state index contributed by atoms with van der Waals surface area (Å²) in [6, 6.07) is 4.67. The zero-order valence-electron chi connectivity index (χ0n) is 9.89. The van der Waals surface area contributed by atoms with Crippen molar-refractivity contribution in [2.75, 3.05) is 6.54 Å². The fraction of sp³-hybridized carbons (Fsp3) is 0.462. The number of nitrogens with zero attached hydrogens (tertiary/aromatic N) is 1. The van der Waals surface area contributed by atoms with Crippen molar-refractivity contribution in [1.29, 1.82) is 0 Å². The topological polar surface area (TPSA) is 40.7 Å². The minimum absolute atomic E-state index is 0.103. The number of hydrogen-bond donors (Lipinski definition) is 2. The Morgan fingerprint density at radius 2 is 2.24 bits per heavy atom. The summed E-state index contributed by atoms with van der Waals surface area (Å²) in [5, 5.41) is 3.50. The third kappa shape index (κ3) is 1.82. The minimum Gasteiger partial charge on any atom is -0.340 e. The molecule has 0 radical (unpaired) electrons. The fourth-order valence-corrected chi connectivity index (χ4v) is 2.50. The lowest BCUT2D eigenvalue weighted by atomic mass is 9.90. The van der Waals surface area contributed by atoms with Gasteiger partial charge in [-0.3, -0.25) is 0 Å². The van der Waals surface area contributed by atoms with Gasteiger partial charge in [-0.1, -0.05) is 0 Å². The van der Waals surface area contributed by atoms with Gasteiger partial charge in [0.15, 0.2) is 0 Å². The monoisotopic (exact) mass is 233 g/mol. The second-order valence-corrected chi connectivity index (χ2v) is 4.96. The van der Waals surface area contributed by atoms with Crippen molar-refractivity contribution in [3.63, 3.8) is 0 Å². The fourth-order valence-electron chi connectivity index (χ4n) is 2.50. The summed E-state index contributed by atoms with van der Waals surface area (Å²) in [5.41, 5.74) is 1.50. The van der Waals surface area contributed by atoms with Crippen LogP contribution >= 0.6 is 0 Å². The van der Waals surface area contributed by atoms with E-state index >= 15 is 0 Å². The first kappa shape index (κ1) is 10.7. The molecule has 1 aliphatic heterocycles. The Labute approximate surface area is 99.4 Å². The van der Waals surface area contributed by atoms with Gasteiger partial charge in [0.2, 0.25) is 0 Å². The number of halogens is 1. The molecule has 90 valence electrons. The number of piperidine rings is 1. The van der Waals surface area contributed by atoms with Gasteiger partial charge in [-0.05, 0) is 50.9 Å². The van der Waals surface area contributed by atoms with Gasteiger partial charge in [0.25, 0.3) is 0 Å². The van der Waals surface area contributed by atoms with Crippen molar-refractivity contribution in [3.05, 3.63) is 29.8 Å². The van der Waals surface area contributed by atoms with Crippen LogP contribution in [0.5, 0.6) is 0 Å². The number of nitrogens with one attached hydrogen (secondary N) is 2. The van der Waals surface area contributed by atoms with Crippen LogP contribution in [0.15, 0.2) is 18.2 Å². The zero-order valence-corrected chi connectivity index (χ0v) is 9.89. The van der Waals surface area contributed by atoms with E-state index in [4.69, 9.17) is 0 Å². The van der Waals surface area contributed by atoms with Crippen LogP contribution in [0, 0.1) is 5.82 Å². The second-order valence-electron chi connectivity index (χ2n) is 4.96. The van der Waals surface area contributed by atoms with Gasteiger partial charge in [-0.15, -0.1) is 0 Å². The molecule has 2 heterocycles. The van der Waals surface area contributed by atoms with E-state index in [2.05, 4.69) is 22.2 Å². The van der Waals surface area contributed by atoms with Crippen LogP contribution in [-0.2, 0) is 5.54 Å². The molecule has 0 aliphatic carbocycles. The number of aromatic nitrogens is 2. The molecule has 0 saturated carbocycles. The quantitative estimate of drug-likeness (QED) is 0.795. The molecule has 1 fully saturated rings. The van der Waals surface area contributed by atoms with E-state index in [0.717, 1.165) is 29.8 Å². The number of hydrogen-bond acceptors (Lipinski definition) is 2. The number of fused-ring (bicyclic) bond motifs is 1. The molecule has 3 nitrogen and oxygen atoms in total. The summed E-state index contributed by atoms with van der Waals surface area (Å²) in [6.07, 6.45) is 3.48. The van der Waals surface area contributed by atoms with Crippen LogP contribution in [0.25, 0.3) is 11.0 Å². The molecule has 2 aromatic rings. The maximum absolute atomic E-state index is 13.1. The highest BCUT2D eigenvalue weighted by atomic mass is 19.1. The van der Waals surface area contributed by atoms with Crippen molar-refractivity contribution in [3.8, 4) is 0 Å². The third-order valence-electron chi connectivity index (χ3n) is 3.59. The van der Waals surface area contributed by atoms with Crippen LogP contribution in [0.3, 0.4) is 0 Å². The molecule has 1 atom stereocenters. The lowest BCUT2D eigenvalue weighted by Gasteiger charge is -2.33. The molecule has 1 unspecified atom stereocenters. The molecule has 0 spiro atoms. The van der Waals surface area contributed by atoms with Gasteiger partial charge in [-0.2, -0.15) is 0 Å². The van der Waals surface area contributed by atoms with Crippen molar-refractivity contribution >= 4 is 11.0 Å². The van der Waals surface area contributed by atoms with Crippen LogP contribution in [0.1, 0.15) is 32.0 Å². The van der Waals surface area contributed by atoms with E-state index in [1.54, 1.807) is 6.07 Å². The van der Waals surface area contributed by atoms with Gasteiger partial charge in [0, 0.05) is 0 Å². The normalized spacial score (nSPS) is 25.3. The predicted octanol–water partition coefficient (Wildman–Crippen LogP) is 2.69. The summed E-state index contributed by atoms with van der Waals surface area (Å²) in [5.74, 6) is 0.687. The number of rotatable bonds is 1. The van der Waals surface area contributed by atoms with E-state index in [-0.39, 0.29) is 11.4 Å². The first-order valence-corrected chi connectivity index (χ1v) is 6.08. The molecule has 1 aromatic heterocycles. The van der Waals surface area contributed by atoms with Crippen molar-refractivity contribution in [1.82, 2.24) is 15.3 Å². The smallest absolute Gasteiger partial charge is 0.127 e. The summed E-state index contributed by atoms with van der Waals surface area (Å²) >= 11 is 0. The molecule has 0 bridgehead atoms. The number of H-pyrrole nitrogens is 1. The number of benzene rings is 1. The molecule has 0 amide bonds. The highest BCUT2D eigenvalue weighted by molar-refractivity contribution is 5.75. The first-order chi connectivity index (χ1) is 8.17. The largest absolute Gasteiger partial charge is 0.340 e. The Bertz CT molecular complexity index is 541. The SMILES string of the molecule is CC1(c2nc3ccc(F)cc3[nH]2)CCCCN1. The van der Waals surface area contributed by atoms with Crippen molar-refractivity contribution in [2.24, 2.45) is 0 Å². The second kappa shape index (κ2) is 3.81. The maximum atomic E-state index is 13.1. The van der Waals surface area contributed by atoms with Gasteiger partial charge in [0.1, 0.15) is 11.6 Å². The summed E-state index contributed by atoms with van der Waals surface area (Å²) in [7, 11) is 0. The minimum atomic E-state index is -0.227. The Morgan fingerprint density at radius 1 is 1.35 bits per heavy atom. The van der Waals surface area contributed by atoms with E-state index in [1.165, 1.54) is 25.0 Å². The van der Waals surface area contributed by atoms with E-state index in [1.807, 2.05) is 0 Å². The average molecular weight is 233 g/mol. The average Bonchev–Trinajstić information content (AvgIpc) is 2.73. The molecular weight excluding hydrogens is 217 g/mol.